The second kappa shape index (κ2) is 4.58. The average molecular weight is 347 g/mol. The molecule has 2 aromatic rings. The first-order valence-electron chi connectivity index (χ1n) is 9.56. The average Bonchev–Trinajstić information content (AvgIpc) is 2.94. The number of allylic oxidation sites excluding steroid dienone is 4. The zero-order valence-corrected chi connectivity index (χ0v) is 14.8. The molecule has 5 heteroatoms. The largest absolute Gasteiger partial charge is 0.352 e. The van der Waals surface area contributed by atoms with E-state index >= 15 is 0 Å². The molecule has 7 rings (SSSR count). The summed E-state index contributed by atoms with van der Waals surface area (Å²) in [6.45, 7) is 2.31. The summed E-state index contributed by atoms with van der Waals surface area (Å²) in [6, 6.07) is 9.18. The predicted octanol–water partition coefficient (Wildman–Crippen LogP) is 2.97. The summed E-state index contributed by atoms with van der Waals surface area (Å²) in [4.78, 5) is 26.5. The fourth-order valence-electron chi connectivity index (χ4n) is 6.16. The Kier molecular flexibility index (Phi) is 2.57. The van der Waals surface area contributed by atoms with Crippen LogP contribution in [0, 0.1) is 11.3 Å². The lowest BCUT2D eigenvalue weighted by Gasteiger charge is -2.63. The number of hydrogen-bond acceptors (Lipinski definition) is 2. The molecule has 4 atom stereocenters. The van der Waals surface area contributed by atoms with Gasteiger partial charge in [0.1, 0.15) is 0 Å². The van der Waals surface area contributed by atoms with Crippen molar-refractivity contribution in [2.75, 3.05) is 0 Å². The summed E-state index contributed by atoms with van der Waals surface area (Å²) in [5, 5.41) is 0. The monoisotopic (exact) mass is 347 g/mol. The van der Waals surface area contributed by atoms with Gasteiger partial charge in [-0.25, -0.2) is 23.5 Å². The van der Waals surface area contributed by atoms with E-state index in [0.717, 1.165) is 12.8 Å². The van der Waals surface area contributed by atoms with Crippen LogP contribution in [0.25, 0.3) is 5.69 Å². The minimum atomic E-state index is -0.218. The van der Waals surface area contributed by atoms with Gasteiger partial charge < -0.3 is 0 Å². The number of para-hydroxylation sites is 1. The second-order valence-electron chi connectivity index (χ2n) is 8.22. The van der Waals surface area contributed by atoms with Gasteiger partial charge in [0.05, 0.1) is 17.8 Å². The highest BCUT2D eigenvalue weighted by Crippen LogP contribution is 2.68. The minimum Gasteiger partial charge on any atom is -0.245 e. The van der Waals surface area contributed by atoms with Crippen molar-refractivity contribution in [2.24, 2.45) is 11.3 Å². The Bertz CT molecular complexity index is 1110. The molecule has 1 aromatic carbocycles. The molecule has 132 valence electrons. The van der Waals surface area contributed by atoms with Crippen molar-refractivity contribution >= 4 is 0 Å². The highest BCUT2D eigenvalue weighted by molar-refractivity contribution is 5.47. The summed E-state index contributed by atoms with van der Waals surface area (Å²) in [5.41, 5.74) is 3.33. The van der Waals surface area contributed by atoms with Gasteiger partial charge in [0.2, 0.25) is 0 Å². The number of benzene rings is 1. The lowest BCUT2D eigenvalue weighted by Crippen LogP contribution is -2.60. The van der Waals surface area contributed by atoms with E-state index in [1.54, 1.807) is 20.5 Å². The van der Waals surface area contributed by atoms with E-state index in [0.29, 0.717) is 11.6 Å². The first-order chi connectivity index (χ1) is 12.6. The third kappa shape index (κ3) is 1.42. The van der Waals surface area contributed by atoms with E-state index in [2.05, 4.69) is 19.1 Å². The van der Waals surface area contributed by atoms with Crippen LogP contribution in [-0.4, -0.2) is 13.9 Å². The van der Waals surface area contributed by atoms with Crippen molar-refractivity contribution in [3.63, 3.8) is 0 Å². The molecule has 2 bridgehead atoms. The molecule has 2 aliphatic heterocycles. The Balaban J connectivity index is 1.61. The summed E-state index contributed by atoms with van der Waals surface area (Å²) >= 11 is 0. The van der Waals surface area contributed by atoms with E-state index in [4.69, 9.17) is 0 Å². The molecular formula is C21H21N3O2. The Hall–Kier alpha value is -2.56. The van der Waals surface area contributed by atoms with Crippen LogP contribution in [0.15, 0.2) is 63.2 Å². The molecule has 0 radical (unpaired) electrons. The van der Waals surface area contributed by atoms with E-state index in [1.165, 1.54) is 17.4 Å². The lowest BCUT2D eigenvalue weighted by atomic mass is 9.46. The third-order valence-corrected chi connectivity index (χ3v) is 7.20. The zero-order chi connectivity index (χ0) is 17.6. The Labute approximate surface area is 150 Å². The molecule has 1 aromatic heterocycles. The van der Waals surface area contributed by atoms with Gasteiger partial charge in [-0.2, -0.15) is 0 Å². The van der Waals surface area contributed by atoms with Crippen LogP contribution in [0.5, 0.6) is 0 Å². The van der Waals surface area contributed by atoms with Gasteiger partial charge in [0.15, 0.2) is 0 Å². The topological polar surface area (TPSA) is 48.9 Å². The molecule has 0 amide bonds. The maximum atomic E-state index is 13.3. The molecule has 0 unspecified atom stereocenters. The lowest BCUT2D eigenvalue weighted by molar-refractivity contribution is 0.0188. The van der Waals surface area contributed by atoms with Gasteiger partial charge in [0.25, 0.3) is 0 Å². The van der Waals surface area contributed by atoms with Gasteiger partial charge in [-0.1, -0.05) is 48.4 Å². The SMILES string of the molecule is C[C@@]12C3=C(CCCC3)[C@@H]1[C@H]1C=C[C@H]2n2c(=O)n(-c3ccccc3)c(=O)n21. The van der Waals surface area contributed by atoms with Gasteiger partial charge in [-0.3, -0.25) is 0 Å². The van der Waals surface area contributed by atoms with Crippen molar-refractivity contribution in [1.29, 1.82) is 0 Å². The first kappa shape index (κ1) is 14.6. The van der Waals surface area contributed by atoms with E-state index in [1.807, 2.05) is 30.3 Å². The first-order valence-corrected chi connectivity index (χ1v) is 9.56. The standard InChI is InChI=1S/C21H21N3O2/c1-21-15-10-6-5-9-14(15)18(21)16-11-12-17(21)24-20(26)22(19(25)23(16)24)13-7-3-2-4-8-13/h2-4,7-8,11-12,16-18H,5-6,9-10H2,1H3/t16-,17-,18-,21+/m1/s1. The normalized spacial score (nSPS) is 33.5. The fraction of sp³-hybridized carbons (Fsp3) is 0.429. The molecular weight excluding hydrogens is 326 g/mol. The molecule has 26 heavy (non-hydrogen) atoms. The van der Waals surface area contributed by atoms with E-state index in [-0.39, 0.29) is 28.9 Å². The molecule has 3 heterocycles. The van der Waals surface area contributed by atoms with Crippen LogP contribution in [0.1, 0.15) is 44.7 Å². The van der Waals surface area contributed by atoms with Crippen molar-refractivity contribution in [3.05, 3.63) is 74.6 Å². The molecule has 0 spiro atoms. The highest BCUT2D eigenvalue weighted by Gasteiger charge is 2.63. The summed E-state index contributed by atoms with van der Waals surface area (Å²) in [6.07, 6.45) is 9.12. The predicted molar refractivity (Wildman–Crippen MR) is 98.6 cm³/mol. The van der Waals surface area contributed by atoms with Crippen molar-refractivity contribution < 1.29 is 0 Å². The van der Waals surface area contributed by atoms with Crippen molar-refractivity contribution in [3.8, 4) is 5.69 Å². The van der Waals surface area contributed by atoms with E-state index < -0.39 is 0 Å². The van der Waals surface area contributed by atoms with Crippen LogP contribution in [0.2, 0.25) is 0 Å². The summed E-state index contributed by atoms with van der Waals surface area (Å²) in [7, 11) is 0. The van der Waals surface area contributed by atoms with Crippen molar-refractivity contribution in [1.82, 2.24) is 13.9 Å². The van der Waals surface area contributed by atoms with Crippen LogP contribution in [0.4, 0.5) is 0 Å². The number of hydrogen-bond donors (Lipinski definition) is 0. The number of aromatic nitrogens is 3. The molecule has 0 fully saturated rings. The molecule has 0 saturated carbocycles. The van der Waals surface area contributed by atoms with Crippen LogP contribution >= 0.6 is 0 Å². The van der Waals surface area contributed by atoms with Gasteiger partial charge in [-0.15, -0.1) is 0 Å². The zero-order valence-electron chi connectivity index (χ0n) is 14.8. The Morgan fingerprint density at radius 1 is 0.962 bits per heavy atom. The van der Waals surface area contributed by atoms with Gasteiger partial charge in [-0.05, 0) is 37.8 Å². The van der Waals surface area contributed by atoms with Crippen LogP contribution in [0.3, 0.4) is 0 Å². The smallest absolute Gasteiger partial charge is 0.245 e. The Morgan fingerprint density at radius 3 is 2.50 bits per heavy atom. The number of rotatable bonds is 1. The number of nitrogens with zero attached hydrogens (tertiary/aromatic N) is 3. The van der Waals surface area contributed by atoms with Crippen LogP contribution in [-0.2, 0) is 0 Å². The maximum absolute atomic E-state index is 13.3. The molecule has 0 N–H and O–H groups in total. The third-order valence-electron chi connectivity index (χ3n) is 7.20. The minimum absolute atomic E-state index is 0.00565. The van der Waals surface area contributed by atoms with Gasteiger partial charge >= 0.3 is 11.4 Å². The molecule has 3 aliphatic carbocycles. The van der Waals surface area contributed by atoms with Gasteiger partial charge in [0, 0.05) is 11.3 Å². The van der Waals surface area contributed by atoms with Crippen molar-refractivity contribution in [2.45, 2.75) is 44.7 Å². The quantitative estimate of drug-likeness (QED) is 0.745. The summed E-state index contributed by atoms with van der Waals surface area (Å²) in [5.74, 6) is 0.372. The molecule has 5 aliphatic rings. The molecule has 5 nitrogen and oxygen atoms in total. The summed E-state index contributed by atoms with van der Waals surface area (Å²) < 4.78 is 4.79. The fourth-order valence-corrected chi connectivity index (χ4v) is 6.16. The molecule has 0 saturated heterocycles. The second-order valence-corrected chi connectivity index (χ2v) is 8.22. The van der Waals surface area contributed by atoms with Crippen LogP contribution < -0.4 is 11.4 Å². The van der Waals surface area contributed by atoms with E-state index in [9.17, 15) is 9.59 Å². The highest BCUT2D eigenvalue weighted by atomic mass is 16.2. The maximum Gasteiger partial charge on any atom is 0.352 e. The Morgan fingerprint density at radius 2 is 1.69 bits per heavy atom.